The zero-order chi connectivity index (χ0) is 13.9. The van der Waals surface area contributed by atoms with E-state index in [2.05, 4.69) is 0 Å². The normalized spacial score (nSPS) is 19.4. The molecule has 0 aromatic rings. The van der Waals surface area contributed by atoms with Gasteiger partial charge in [0, 0.05) is 25.6 Å². The second-order valence-electron chi connectivity index (χ2n) is 4.79. The van der Waals surface area contributed by atoms with Gasteiger partial charge in [-0.3, -0.25) is 14.4 Å². The summed E-state index contributed by atoms with van der Waals surface area (Å²) in [6.45, 7) is 5.97. The zero-order valence-electron chi connectivity index (χ0n) is 11.0. The Morgan fingerprint density at radius 2 is 2.11 bits per heavy atom. The van der Waals surface area contributed by atoms with Crippen LogP contribution in [0.2, 0.25) is 0 Å². The van der Waals surface area contributed by atoms with Crippen LogP contribution in [0.4, 0.5) is 0 Å². The maximum absolute atomic E-state index is 12.1. The summed E-state index contributed by atoms with van der Waals surface area (Å²) in [6.07, 6.45) is 0.188. The molecule has 6 heteroatoms. The Balaban J connectivity index is 2.68. The molecule has 0 radical (unpaired) electrons. The highest BCUT2D eigenvalue weighted by Crippen LogP contribution is 2.22. The van der Waals surface area contributed by atoms with E-state index in [0.29, 0.717) is 13.1 Å². The molecule has 1 atom stereocenters. The third-order valence-corrected chi connectivity index (χ3v) is 3.15. The second kappa shape index (κ2) is 5.84. The van der Waals surface area contributed by atoms with Crippen LogP contribution in [0.25, 0.3) is 0 Å². The topological polar surface area (TPSA) is 77.9 Å². The van der Waals surface area contributed by atoms with Gasteiger partial charge in [-0.2, -0.15) is 0 Å². The van der Waals surface area contributed by atoms with Gasteiger partial charge in [-0.1, -0.05) is 0 Å². The number of likely N-dealkylation sites (tertiary alicyclic amines) is 1. The molecule has 0 aromatic carbocycles. The summed E-state index contributed by atoms with van der Waals surface area (Å²) in [5.41, 5.74) is 0. The minimum Gasteiger partial charge on any atom is -0.480 e. The van der Waals surface area contributed by atoms with Gasteiger partial charge in [0.25, 0.3) is 0 Å². The van der Waals surface area contributed by atoms with Crippen molar-refractivity contribution >= 4 is 17.8 Å². The average Bonchev–Trinajstić information content (AvgIpc) is 2.67. The molecule has 1 aliphatic rings. The number of hydrogen-bond donors (Lipinski definition) is 1. The maximum atomic E-state index is 12.1. The Hall–Kier alpha value is -1.59. The Morgan fingerprint density at radius 3 is 2.50 bits per heavy atom. The molecule has 1 aliphatic heterocycles. The number of hydrogen-bond acceptors (Lipinski definition) is 3. The van der Waals surface area contributed by atoms with Crippen LogP contribution >= 0.6 is 0 Å². The molecule has 1 N–H and O–H groups in total. The monoisotopic (exact) mass is 256 g/mol. The summed E-state index contributed by atoms with van der Waals surface area (Å²) >= 11 is 0. The van der Waals surface area contributed by atoms with Crippen molar-refractivity contribution in [3.8, 4) is 0 Å². The SMILES string of the molecule is CCN(CC(=O)O)C(=O)C1CC(=O)N(C(C)C)C1. The molecule has 1 unspecified atom stereocenters. The quantitative estimate of drug-likeness (QED) is 0.761. The first-order valence-electron chi connectivity index (χ1n) is 6.16. The van der Waals surface area contributed by atoms with E-state index in [4.69, 9.17) is 5.11 Å². The molecule has 0 bridgehead atoms. The fourth-order valence-electron chi connectivity index (χ4n) is 2.16. The van der Waals surface area contributed by atoms with Gasteiger partial charge in [0.1, 0.15) is 6.54 Å². The molecule has 0 saturated carbocycles. The number of carboxylic acids is 1. The summed E-state index contributed by atoms with van der Waals surface area (Å²) in [4.78, 5) is 37.4. The van der Waals surface area contributed by atoms with Crippen LogP contribution in [0.1, 0.15) is 27.2 Å². The number of likely N-dealkylation sites (N-methyl/N-ethyl adjacent to an activating group) is 1. The number of nitrogens with zero attached hydrogens (tertiary/aromatic N) is 2. The summed E-state index contributed by atoms with van der Waals surface area (Å²) in [7, 11) is 0. The van der Waals surface area contributed by atoms with E-state index in [0.717, 1.165) is 0 Å². The first-order chi connectivity index (χ1) is 8.36. The van der Waals surface area contributed by atoms with E-state index in [9.17, 15) is 14.4 Å². The van der Waals surface area contributed by atoms with Crippen LogP contribution in [-0.4, -0.2) is 58.4 Å². The highest BCUT2D eigenvalue weighted by molar-refractivity contribution is 5.90. The number of rotatable bonds is 5. The number of amides is 2. The van der Waals surface area contributed by atoms with Gasteiger partial charge < -0.3 is 14.9 Å². The van der Waals surface area contributed by atoms with Crippen LogP contribution in [-0.2, 0) is 14.4 Å². The lowest BCUT2D eigenvalue weighted by molar-refractivity contribution is -0.146. The molecule has 2 amide bonds. The van der Waals surface area contributed by atoms with E-state index in [1.54, 1.807) is 11.8 Å². The Bertz CT molecular complexity index is 354. The minimum atomic E-state index is -1.03. The van der Waals surface area contributed by atoms with E-state index in [-0.39, 0.29) is 30.8 Å². The van der Waals surface area contributed by atoms with Gasteiger partial charge >= 0.3 is 5.97 Å². The molecular formula is C12H20N2O4. The smallest absolute Gasteiger partial charge is 0.323 e. The number of carboxylic acid groups (broad SMARTS) is 1. The lowest BCUT2D eigenvalue weighted by atomic mass is 10.1. The molecule has 102 valence electrons. The first kappa shape index (κ1) is 14.5. The van der Waals surface area contributed by atoms with Crippen molar-refractivity contribution in [3.63, 3.8) is 0 Å². The van der Waals surface area contributed by atoms with Crippen LogP contribution < -0.4 is 0 Å². The molecule has 0 aromatic heterocycles. The molecule has 6 nitrogen and oxygen atoms in total. The van der Waals surface area contributed by atoms with Crippen molar-refractivity contribution in [2.45, 2.75) is 33.2 Å². The van der Waals surface area contributed by atoms with Crippen molar-refractivity contribution in [1.29, 1.82) is 0 Å². The predicted octanol–water partition coefficient (Wildman–Crippen LogP) is 0.176. The molecule has 18 heavy (non-hydrogen) atoms. The Kier molecular flexibility index (Phi) is 4.69. The van der Waals surface area contributed by atoms with Crippen molar-refractivity contribution in [2.24, 2.45) is 5.92 Å². The molecule has 1 saturated heterocycles. The fourth-order valence-corrected chi connectivity index (χ4v) is 2.16. The van der Waals surface area contributed by atoms with Crippen molar-refractivity contribution < 1.29 is 19.5 Å². The minimum absolute atomic E-state index is 0.0327. The molecule has 1 rings (SSSR count). The maximum Gasteiger partial charge on any atom is 0.323 e. The van der Waals surface area contributed by atoms with E-state index in [1.165, 1.54) is 4.90 Å². The number of aliphatic carboxylic acids is 1. The number of carbonyl (C=O) groups is 3. The van der Waals surface area contributed by atoms with Gasteiger partial charge in [-0.05, 0) is 20.8 Å². The highest BCUT2D eigenvalue weighted by atomic mass is 16.4. The van der Waals surface area contributed by atoms with Crippen molar-refractivity contribution in [3.05, 3.63) is 0 Å². The fraction of sp³-hybridized carbons (Fsp3) is 0.750. The summed E-state index contributed by atoms with van der Waals surface area (Å²) < 4.78 is 0. The Labute approximate surface area is 107 Å². The van der Waals surface area contributed by atoms with Crippen LogP contribution in [0.3, 0.4) is 0 Å². The van der Waals surface area contributed by atoms with Gasteiger partial charge in [0.15, 0.2) is 0 Å². The second-order valence-corrected chi connectivity index (χ2v) is 4.79. The highest BCUT2D eigenvalue weighted by Gasteiger charge is 2.37. The van der Waals surface area contributed by atoms with Crippen LogP contribution in [0.5, 0.6) is 0 Å². The third-order valence-electron chi connectivity index (χ3n) is 3.15. The summed E-state index contributed by atoms with van der Waals surface area (Å²) in [6, 6.07) is 0.0739. The van der Waals surface area contributed by atoms with Crippen molar-refractivity contribution in [2.75, 3.05) is 19.6 Å². The third kappa shape index (κ3) is 3.21. The largest absolute Gasteiger partial charge is 0.480 e. The van der Waals surface area contributed by atoms with Gasteiger partial charge in [0.2, 0.25) is 11.8 Å². The summed E-state index contributed by atoms with van der Waals surface area (Å²) in [5, 5.41) is 8.73. The molecule has 1 fully saturated rings. The molecule has 0 spiro atoms. The van der Waals surface area contributed by atoms with E-state index in [1.807, 2.05) is 13.8 Å². The molecular weight excluding hydrogens is 236 g/mol. The molecule has 0 aliphatic carbocycles. The standard InChI is InChI=1S/C12H20N2O4/c1-4-13(7-11(16)17)12(18)9-5-10(15)14(6-9)8(2)3/h8-9H,4-7H2,1-3H3,(H,16,17). The van der Waals surface area contributed by atoms with Crippen LogP contribution in [0, 0.1) is 5.92 Å². The lowest BCUT2D eigenvalue weighted by Gasteiger charge is -2.24. The first-order valence-corrected chi connectivity index (χ1v) is 6.16. The molecule has 1 heterocycles. The Morgan fingerprint density at radius 1 is 1.50 bits per heavy atom. The van der Waals surface area contributed by atoms with Crippen LogP contribution in [0.15, 0.2) is 0 Å². The average molecular weight is 256 g/mol. The van der Waals surface area contributed by atoms with Crippen molar-refractivity contribution in [1.82, 2.24) is 9.80 Å². The van der Waals surface area contributed by atoms with Gasteiger partial charge in [0.05, 0.1) is 5.92 Å². The van der Waals surface area contributed by atoms with E-state index >= 15 is 0 Å². The predicted molar refractivity (Wildman–Crippen MR) is 64.8 cm³/mol. The number of carbonyl (C=O) groups excluding carboxylic acids is 2. The summed E-state index contributed by atoms with van der Waals surface area (Å²) in [5.74, 6) is -1.71. The van der Waals surface area contributed by atoms with E-state index < -0.39 is 11.9 Å². The van der Waals surface area contributed by atoms with Gasteiger partial charge in [-0.25, -0.2) is 0 Å². The zero-order valence-corrected chi connectivity index (χ0v) is 11.0. The van der Waals surface area contributed by atoms with Gasteiger partial charge in [-0.15, -0.1) is 0 Å². The lowest BCUT2D eigenvalue weighted by Crippen LogP contribution is -2.41.